The van der Waals surface area contributed by atoms with Crippen molar-refractivity contribution in [3.8, 4) is 6.07 Å². The van der Waals surface area contributed by atoms with Crippen molar-refractivity contribution in [2.75, 3.05) is 24.6 Å². The topological polar surface area (TPSA) is 47.3 Å². The van der Waals surface area contributed by atoms with Crippen LogP contribution < -0.4 is 4.90 Å². The molecule has 0 radical (unpaired) electrons. The first-order valence-electron chi connectivity index (χ1n) is 5.29. The lowest BCUT2D eigenvalue weighted by atomic mass is 10.1. The van der Waals surface area contributed by atoms with E-state index < -0.39 is 0 Å². The Morgan fingerprint density at radius 2 is 2.25 bits per heavy atom. The Morgan fingerprint density at radius 3 is 2.81 bits per heavy atom. The highest BCUT2D eigenvalue weighted by Crippen LogP contribution is 2.27. The number of nitriles is 1. The second-order valence-corrected chi connectivity index (χ2v) is 4.26. The summed E-state index contributed by atoms with van der Waals surface area (Å²) in [6, 6.07) is 7.92. The molecule has 0 saturated carbocycles. The van der Waals surface area contributed by atoms with Crippen molar-refractivity contribution in [1.29, 1.82) is 5.26 Å². The largest absolute Gasteiger partial charge is 0.396 e. The van der Waals surface area contributed by atoms with Crippen LogP contribution >= 0.6 is 15.9 Å². The van der Waals surface area contributed by atoms with Gasteiger partial charge in [-0.05, 0) is 41.4 Å². The third kappa shape index (κ3) is 2.97. The molecule has 0 atom stereocenters. The first-order chi connectivity index (χ1) is 7.74. The zero-order valence-corrected chi connectivity index (χ0v) is 10.9. The van der Waals surface area contributed by atoms with Crippen molar-refractivity contribution < 1.29 is 5.11 Å². The van der Waals surface area contributed by atoms with Crippen LogP contribution in [0.2, 0.25) is 0 Å². The maximum absolute atomic E-state index is 9.11. The van der Waals surface area contributed by atoms with Gasteiger partial charge in [0, 0.05) is 24.2 Å². The monoisotopic (exact) mass is 282 g/mol. The third-order valence-electron chi connectivity index (χ3n) is 2.41. The van der Waals surface area contributed by atoms with Crippen molar-refractivity contribution >= 4 is 21.6 Å². The molecule has 16 heavy (non-hydrogen) atoms. The lowest BCUT2D eigenvalue weighted by Gasteiger charge is -2.24. The summed E-state index contributed by atoms with van der Waals surface area (Å²) in [7, 11) is 0. The molecule has 1 aromatic carbocycles. The van der Waals surface area contributed by atoms with Crippen LogP contribution in [0.1, 0.15) is 18.9 Å². The summed E-state index contributed by atoms with van der Waals surface area (Å²) >= 11 is 3.37. The first-order valence-corrected chi connectivity index (χ1v) is 6.08. The Kier molecular flexibility index (Phi) is 5.30. The fourth-order valence-corrected chi connectivity index (χ4v) is 2.04. The second-order valence-electron chi connectivity index (χ2n) is 3.40. The van der Waals surface area contributed by atoms with Gasteiger partial charge in [0.25, 0.3) is 0 Å². The number of hydrogen-bond acceptors (Lipinski definition) is 3. The molecule has 1 N–H and O–H groups in total. The molecule has 0 aliphatic rings. The van der Waals surface area contributed by atoms with Gasteiger partial charge in [0.1, 0.15) is 6.07 Å². The SMILES string of the molecule is CCN(CCCO)c1cccc(Br)c1C#N. The van der Waals surface area contributed by atoms with E-state index in [1.165, 1.54) is 0 Å². The number of aliphatic hydroxyl groups is 1. The average Bonchev–Trinajstić information content (AvgIpc) is 2.30. The summed E-state index contributed by atoms with van der Waals surface area (Å²) in [5, 5.41) is 18.0. The summed E-state index contributed by atoms with van der Waals surface area (Å²) in [5.74, 6) is 0. The van der Waals surface area contributed by atoms with Gasteiger partial charge >= 0.3 is 0 Å². The van der Waals surface area contributed by atoms with E-state index >= 15 is 0 Å². The fourth-order valence-electron chi connectivity index (χ4n) is 1.60. The number of hydrogen-bond donors (Lipinski definition) is 1. The zero-order chi connectivity index (χ0) is 12.0. The second kappa shape index (κ2) is 6.51. The minimum atomic E-state index is 0.173. The van der Waals surface area contributed by atoms with Gasteiger partial charge in [-0.25, -0.2) is 0 Å². The number of rotatable bonds is 5. The minimum absolute atomic E-state index is 0.173. The predicted octanol–water partition coefficient (Wildman–Crippen LogP) is 2.53. The zero-order valence-electron chi connectivity index (χ0n) is 9.28. The highest BCUT2D eigenvalue weighted by atomic mass is 79.9. The molecule has 0 aromatic heterocycles. The highest BCUT2D eigenvalue weighted by molar-refractivity contribution is 9.10. The molecular formula is C12H15BrN2O. The van der Waals surface area contributed by atoms with Crippen molar-refractivity contribution in [2.24, 2.45) is 0 Å². The molecule has 1 rings (SSSR count). The van der Waals surface area contributed by atoms with Gasteiger partial charge in [-0.2, -0.15) is 5.26 Å². The van der Waals surface area contributed by atoms with Crippen LogP contribution in [0.3, 0.4) is 0 Å². The Morgan fingerprint density at radius 1 is 1.50 bits per heavy atom. The molecule has 0 fully saturated rings. The van der Waals surface area contributed by atoms with E-state index in [-0.39, 0.29) is 6.61 Å². The number of halogens is 1. The predicted molar refractivity (Wildman–Crippen MR) is 68.4 cm³/mol. The molecule has 4 heteroatoms. The number of anilines is 1. The molecule has 0 unspecified atom stereocenters. The van der Waals surface area contributed by atoms with Gasteiger partial charge in [-0.3, -0.25) is 0 Å². The quantitative estimate of drug-likeness (QED) is 0.903. The molecule has 0 saturated heterocycles. The van der Waals surface area contributed by atoms with Crippen molar-refractivity contribution in [2.45, 2.75) is 13.3 Å². The van der Waals surface area contributed by atoms with Gasteiger partial charge in [-0.1, -0.05) is 6.07 Å². The number of nitrogens with zero attached hydrogens (tertiary/aromatic N) is 2. The van der Waals surface area contributed by atoms with Crippen LogP contribution in [0, 0.1) is 11.3 Å². The summed E-state index contributed by atoms with van der Waals surface area (Å²) < 4.78 is 0.815. The van der Waals surface area contributed by atoms with Crippen molar-refractivity contribution in [1.82, 2.24) is 0 Å². The van der Waals surface area contributed by atoms with E-state index in [9.17, 15) is 0 Å². The van der Waals surface area contributed by atoms with Crippen LogP contribution in [0.4, 0.5) is 5.69 Å². The Hall–Kier alpha value is -1.05. The Labute approximate surface area is 104 Å². The Balaban J connectivity index is 3.00. The van der Waals surface area contributed by atoms with E-state index in [2.05, 4.69) is 26.9 Å². The molecule has 0 bridgehead atoms. The molecular weight excluding hydrogens is 268 g/mol. The van der Waals surface area contributed by atoms with Crippen molar-refractivity contribution in [3.63, 3.8) is 0 Å². The van der Waals surface area contributed by atoms with E-state index in [4.69, 9.17) is 10.4 Å². The fraction of sp³-hybridized carbons (Fsp3) is 0.417. The lowest BCUT2D eigenvalue weighted by molar-refractivity contribution is 0.289. The molecule has 0 spiro atoms. The van der Waals surface area contributed by atoms with Crippen LogP contribution in [0.5, 0.6) is 0 Å². The smallest absolute Gasteiger partial charge is 0.103 e. The molecule has 0 aliphatic heterocycles. The first kappa shape index (κ1) is 13.0. The van der Waals surface area contributed by atoms with Crippen LogP contribution in [0.25, 0.3) is 0 Å². The highest BCUT2D eigenvalue weighted by Gasteiger charge is 2.11. The summed E-state index contributed by atoms with van der Waals surface area (Å²) in [6.45, 7) is 3.80. The maximum atomic E-state index is 9.11. The van der Waals surface area contributed by atoms with Crippen molar-refractivity contribution in [3.05, 3.63) is 28.2 Å². The third-order valence-corrected chi connectivity index (χ3v) is 3.07. The summed E-state index contributed by atoms with van der Waals surface area (Å²) in [4.78, 5) is 2.10. The van der Waals surface area contributed by atoms with Gasteiger partial charge in [0.15, 0.2) is 0 Å². The molecule has 3 nitrogen and oxygen atoms in total. The standard InChI is InChI=1S/C12H15BrN2O/c1-2-15(7-4-8-16)12-6-3-5-11(13)10(12)9-14/h3,5-6,16H,2,4,7-8H2,1H3. The molecule has 0 aliphatic carbocycles. The molecule has 86 valence electrons. The number of benzene rings is 1. The average molecular weight is 283 g/mol. The van der Waals surface area contributed by atoms with E-state index in [0.29, 0.717) is 12.0 Å². The maximum Gasteiger partial charge on any atom is 0.103 e. The van der Waals surface area contributed by atoms with Gasteiger partial charge in [-0.15, -0.1) is 0 Å². The Bertz CT molecular complexity index is 387. The van der Waals surface area contributed by atoms with Gasteiger partial charge in [0.05, 0.1) is 11.3 Å². The summed E-state index contributed by atoms with van der Waals surface area (Å²) in [6.07, 6.45) is 0.714. The van der Waals surface area contributed by atoms with E-state index in [1.807, 2.05) is 25.1 Å². The van der Waals surface area contributed by atoms with Crippen LogP contribution in [-0.2, 0) is 0 Å². The molecule has 1 aromatic rings. The van der Waals surface area contributed by atoms with E-state index in [0.717, 1.165) is 23.2 Å². The van der Waals surface area contributed by atoms with E-state index in [1.54, 1.807) is 0 Å². The summed E-state index contributed by atoms with van der Waals surface area (Å²) in [5.41, 5.74) is 1.58. The normalized spacial score (nSPS) is 9.88. The van der Waals surface area contributed by atoms with Crippen LogP contribution in [0.15, 0.2) is 22.7 Å². The van der Waals surface area contributed by atoms with Crippen LogP contribution in [-0.4, -0.2) is 24.8 Å². The lowest BCUT2D eigenvalue weighted by Crippen LogP contribution is -2.25. The molecule has 0 heterocycles. The minimum Gasteiger partial charge on any atom is -0.396 e. The van der Waals surface area contributed by atoms with Gasteiger partial charge in [0.2, 0.25) is 0 Å². The van der Waals surface area contributed by atoms with Gasteiger partial charge < -0.3 is 10.0 Å². The number of aliphatic hydroxyl groups excluding tert-OH is 1. The molecule has 0 amide bonds.